The van der Waals surface area contributed by atoms with Gasteiger partial charge in [-0.15, -0.1) is 6.22 Å². The second-order valence-electron chi connectivity index (χ2n) is 12.1. The largest absolute Gasteiger partial charge is 0.455 e. The van der Waals surface area contributed by atoms with Crippen molar-refractivity contribution in [3.63, 3.8) is 0 Å². The Morgan fingerprint density at radius 3 is 2.13 bits per heavy atom. The van der Waals surface area contributed by atoms with Gasteiger partial charge in [0.15, 0.2) is 0 Å². The Balaban J connectivity index is 0.00000198. The van der Waals surface area contributed by atoms with Crippen molar-refractivity contribution in [1.29, 1.82) is 0 Å². The molecule has 1 aliphatic carbocycles. The van der Waals surface area contributed by atoms with E-state index in [-0.39, 0.29) is 13.4 Å². The number of rotatable bonds is 19. The van der Waals surface area contributed by atoms with Crippen LogP contribution in [0, 0.1) is 5.92 Å². The van der Waals surface area contributed by atoms with E-state index in [0.29, 0.717) is 6.51 Å². The van der Waals surface area contributed by atoms with Crippen molar-refractivity contribution in [3.8, 4) is 0 Å². The van der Waals surface area contributed by atoms with Crippen LogP contribution in [0.5, 0.6) is 0 Å². The van der Waals surface area contributed by atoms with Crippen molar-refractivity contribution in [3.05, 3.63) is 58.7 Å². The molecule has 0 amide bonds. The van der Waals surface area contributed by atoms with Crippen LogP contribution >= 0.6 is 0 Å². The smallest absolute Gasteiger partial charge is 0.276 e. The van der Waals surface area contributed by atoms with E-state index in [9.17, 15) is 5.02 Å². The molecular weight excluding hydrogens is 461 g/mol. The number of unbranched alkanes of at least 4 members (excludes halogenated alkanes) is 2. The van der Waals surface area contributed by atoms with Crippen molar-refractivity contribution in [2.75, 3.05) is 13.1 Å². The Morgan fingerprint density at radius 1 is 0.947 bits per heavy atom. The van der Waals surface area contributed by atoms with E-state index < -0.39 is 0 Å². The molecule has 0 aromatic rings. The molecule has 0 saturated heterocycles. The quantitative estimate of drug-likeness (QED) is 0.104. The summed E-state index contributed by atoms with van der Waals surface area (Å²) in [5, 5.41) is 10.8. The van der Waals surface area contributed by atoms with Crippen LogP contribution in [0.3, 0.4) is 0 Å². The third kappa shape index (κ3) is 22.8. The van der Waals surface area contributed by atoms with Gasteiger partial charge in [0.25, 0.3) is 6.81 Å². The summed E-state index contributed by atoms with van der Waals surface area (Å²) < 4.78 is 5.79. The third-order valence-corrected chi connectivity index (χ3v) is 7.26. The zero-order chi connectivity index (χ0) is 28.6. The molecule has 1 aliphatic rings. The minimum atomic E-state index is -0.369. The lowest BCUT2D eigenvalue weighted by atomic mass is 9.11. The Morgan fingerprint density at radius 2 is 1.61 bits per heavy atom. The minimum absolute atomic E-state index is 0.283. The SMILES string of the molecule is C1=CCC=CC1.CCCCCOCB(O)B(CBCC=C(C)C)CC=C(C)CCC(CCC(C)C)=C(C)C. The Labute approximate surface area is 240 Å². The maximum atomic E-state index is 10.8. The van der Waals surface area contributed by atoms with E-state index >= 15 is 0 Å². The summed E-state index contributed by atoms with van der Waals surface area (Å²) >= 11 is 0. The zero-order valence-electron chi connectivity index (χ0n) is 26.7. The number of ether oxygens (including phenoxy) is 1. The summed E-state index contributed by atoms with van der Waals surface area (Å²) in [7, 11) is 1.13. The van der Waals surface area contributed by atoms with E-state index in [2.05, 4.69) is 91.8 Å². The van der Waals surface area contributed by atoms with Crippen molar-refractivity contribution in [1.82, 2.24) is 0 Å². The second kappa shape index (κ2) is 24.8. The number of allylic oxidation sites excluding steroid dienone is 10. The molecule has 0 saturated carbocycles. The summed E-state index contributed by atoms with van der Waals surface area (Å²) in [6.45, 7) is 19.1. The van der Waals surface area contributed by atoms with Crippen molar-refractivity contribution in [2.45, 2.75) is 132 Å². The lowest BCUT2D eigenvalue weighted by molar-refractivity contribution is 0.164. The summed E-state index contributed by atoms with van der Waals surface area (Å²) in [6.07, 6.45) is 27.1. The van der Waals surface area contributed by atoms with Crippen LogP contribution in [0.2, 0.25) is 18.9 Å². The molecule has 38 heavy (non-hydrogen) atoms. The first-order chi connectivity index (χ1) is 18.2. The molecule has 0 aromatic carbocycles. The predicted molar refractivity (Wildman–Crippen MR) is 178 cm³/mol. The maximum Gasteiger partial charge on any atom is 0.276 e. The molecule has 0 radical (unpaired) electrons. The molecule has 0 aliphatic heterocycles. The first-order valence-electron chi connectivity index (χ1n) is 15.7. The average Bonchev–Trinajstić information content (AvgIpc) is 2.88. The lowest BCUT2D eigenvalue weighted by Crippen LogP contribution is -2.41. The van der Waals surface area contributed by atoms with Gasteiger partial charge in [-0.05, 0) is 85.5 Å². The molecule has 5 heteroatoms. The van der Waals surface area contributed by atoms with E-state index in [1.165, 1.54) is 48.8 Å². The summed E-state index contributed by atoms with van der Waals surface area (Å²) in [4.78, 5) is 0. The zero-order valence-corrected chi connectivity index (χ0v) is 26.7. The monoisotopic (exact) mass is 522 g/mol. The fraction of sp³-hybridized carbons (Fsp3) is 0.697. The van der Waals surface area contributed by atoms with Gasteiger partial charge in [-0.3, -0.25) is 0 Å². The van der Waals surface area contributed by atoms with Gasteiger partial charge in [-0.1, -0.05) is 105 Å². The summed E-state index contributed by atoms with van der Waals surface area (Å²) in [5.74, 6) is 0.763. The molecule has 0 spiro atoms. The van der Waals surface area contributed by atoms with Gasteiger partial charge < -0.3 is 9.76 Å². The molecule has 0 bridgehead atoms. The van der Waals surface area contributed by atoms with Crippen LogP contribution in [-0.4, -0.2) is 38.8 Å². The van der Waals surface area contributed by atoms with Crippen molar-refractivity contribution in [2.24, 2.45) is 5.92 Å². The third-order valence-electron chi connectivity index (χ3n) is 7.26. The second-order valence-corrected chi connectivity index (χ2v) is 12.1. The van der Waals surface area contributed by atoms with Crippen LogP contribution in [-0.2, 0) is 4.74 Å². The molecule has 0 fully saturated rings. The predicted octanol–water partition coefficient (Wildman–Crippen LogP) is 9.46. The standard InChI is InChI=1S/C27H53B3O2.C6H8/c1-9-10-11-20-32-22-30(31)29(21-28-18-16-24(4)5)19-17-26(8)13-15-27(25(6)7)14-12-23(2)3;1-2-4-6-5-3-1/h16-17,23,28,31H,9-15,18-22H2,1-8H3;1-2,5-6H,3-4H2. The molecule has 214 valence electrons. The van der Waals surface area contributed by atoms with Gasteiger partial charge in [-0.25, -0.2) is 0 Å². The van der Waals surface area contributed by atoms with Crippen molar-refractivity contribution < 1.29 is 9.76 Å². The highest BCUT2D eigenvalue weighted by atomic mass is 16.5. The minimum Gasteiger partial charge on any atom is -0.455 e. The van der Waals surface area contributed by atoms with Gasteiger partial charge in [-0.2, -0.15) is 0 Å². The van der Waals surface area contributed by atoms with E-state index in [0.717, 1.165) is 64.3 Å². The van der Waals surface area contributed by atoms with E-state index in [4.69, 9.17) is 4.74 Å². The maximum absolute atomic E-state index is 10.8. The van der Waals surface area contributed by atoms with Crippen molar-refractivity contribution >= 4 is 20.7 Å². The molecule has 0 heterocycles. The molecule has 1 N–H and O–H groups in total. The van der Waals surface area contributed by atoms with Gasteiger partial charge >= 0.3 is 0 Å². The van der Waals surface area contributed by atoms with Gasteiger partial charge in [0.1, 0.15) is 13.9 Å². The highest BCUT2D eigenvalue weighted by Crippen LogP contribution is 2.22. The van der Waals surface area contributed by atoms with Gasteiger partial charge in [0.05, 0.1) is 0 Å². The van der Waals surface area contributed by atoms with E-state index in [1.807, 2.05) is 0 Å². The average molecular weight is 522 g/mol. The van der Waals surface area contributed by atoms with Crippen LogP contribution < -0.4 is 0 Å². The van der Waals surface area contributed by atoms with E-state index in [1.54, 1.807) is 5.57 Å². The van der Waals surface area contributed by atoms with Crippen LogP contribution in [0.1, 0.15) is 113 Å². The molecule has 0 unspecified atom stereocenters. The topological polar surface area (TPSA) is 29.5 Å². The normalized spacial score (nSPS) is 12.6. The first kappa shape index (κ1) is 36.8. The number of hydrogen-bond donors (Lipinski definition) is 1. The van der Waals surface area contributed by atoms with Gasteiger partial charge in [0, 0.05) is 13.1 Å². The highest BCUT2D eigenvalue weighted by Gasteiger charge is 2.26. The molecule has 1 rings (SSSR count). The summed E-state index contributed by atoms with van der Waals surface area (Å²) in [5.41, 5.74) is 5.96. The highest BCUT2D eigenvalue weighted by molar-refractivity contribution is 7.21. The van der Waals surface area contributed by atoms with Crippen LogP contribution in [0.15, 0.2) is 58.7 Å². The molecule has 2 nitrogen and oxygen atoms in total. The van der Waals surface area contributed by atoms with Crippen LogP contribution in [0.25, 0.3) is 0 Å². The lowest BCUT2D eigenvalue weighted by Gasteiger charge is -2.16. The molecule has 0 aromatic heterocycles. The Kier molecular flexibility index (Phi) is 24.1. The molecule has 0 atom stereocenters. The van der Waals surface area contributed by atoms with Crippen LogP contribution in [0.4, 0.5) is 0 Å². The summed E-state index contributed by atoms with van der Waals surface area (Å²) in [6, 6.07) is 0. The first-order valence-corrected chi connectivity index (χ1v) is 15.7. The van der Waals surface area contributed by atoms with Gasteiger partial charge in [0.2, 0.25) is 0 Å². The number of hydrogen-bond acceptors (Lipinski definition) is 2. The Hall–Kier alpha value is -1.19. The molecular formula is C33H61B3O2. The fourth-order valence-corrected chi connectivity index (χ4v) is 4.47. The Bertz CT molecular complexity index is 707. The fourth-order valence-electron chi connectivity index (χ4n) is 4.47.